The van der Waals surface area contributed by atoms with Gasteiger partial charge in [0.05, 0.1) is 11.4 Å². The number of rotatable bonds is 6. The molecule has 1 aromatic carbocycles. The molecule has 0 N–H and O–H groups in total. The number of halogens is 3. The lowest BCUT2D eigenvalue weighted by Crippen LogP contribution is -2.34. The summed E-state index contributed by atoms with van der Waals surface area (Å²) in [6.07, 6.45) is 0. The van der Waals surface area contributed by atoms with Crippen molar-refractivity contribution in [1.82, 2.24) is 4.31 Å². The first-order valence-electron chi connectivity index (χ1n) is 5.33. The zero-order valence-corrected chi connectivity index (χ0v) is 12.8. The second-order valence-electron chi connectivity index (χ2n) is 3.91. The highest BCUT2D eigenvalue weighted by Crippen LogP contribution is 2.20. The Balaban J connectivity index is 3.00. The third-order valence-corrected chi connectivity index (χ3v) is 4.78. The highest BCUT2D eigenvalue weighted by Gasteiger charge is 2.26. The van der Waals surface area contributed by atoms with Crippen LogP contribution in [0.25, 0.3) is 0 Å². The molecule has 4 nitrogen and oxygen atoms in total. The van der Waals surface area contributed by atoms with Crippen molar-refractivity contribution in [2.24, 2.45) is 0 Å². The van der Waals surface area contributed by atoms with Crippen LogP contribution in [0, 0.1) is 11.6 Å². The van der Waals surface area contributed by atoms with Crippen molar-refractivity contribution in [3.8, 4) is 0 Å². The van der Waals surface area contributed by atoms with E-state index in [0.29, 0.717) is 12.7 Å². The predicted octanol–water partition coefficient (Wildman–Crippen LogP) is 2.00. The van der Waals surface area contributed by atoms with Gasteiger partial charge in [-0.05, 0) is 18.2 Å². The molecule has 0 aliphatic carbocycles. The maximum atomic E-state index is 13.5. The highest BCUT2D eigenvalue weighted by atomic mass is 79.9. The van der Waals surface area contributed by atoms with Crippen molar-refractivity contribution in [2.45, 2.75) is 9.72 Å². The quantitative estimate of drug-likeness (QED) is 0.731. The van der Waals surface area contributed by atoms with Crippen LogP contribution in [-0.4, -0.2) is 44.9 Å². The lowest BCUT2D eigenvalue weighted by molar-refractivity contribution is 0.195. The molecule has 8 heteroatoms. The first-order valence-corrected chi connectivity index (χ1v) is 7.69. The van der Waals surface area contributed by atoms with Gasteiger partial charge in [0.1, 0.15) is 16.5 Å². The maximum absolute atomic E-state index is 13.5. The molecule has 1 unspecified atom stereocenters. The number of hydrogen-bond donors (Lipinski definition) is 0. The van der Waals surface area contributed by atoms with Crippen LogP contribution in [0.2, 0.25) is 0 Å². The summed E-state index contributed by atoms with van der Waals surface area (Å²) in [7, 11) is -1.30. The van der Waals surface area contributed by atoms with Crippen molar-refractivity contribution >= 4 is 26.0 Å². The van der Waals surface area contributed by atoms with Gasteiger partial charge in [-0.15, -0.1) is 0 Å². The summed E-state index contributed by atoms with van der Waals surface area (Å²) in [6, 6.07) is 2.32. The molecule has 0 radical (unpaired) electrons. The van der Waals surface area contributed by atoms with E-state index in [1.165, 1.54) is 14.2 Å². The van der Waals surface area contributed by atoms with Crippen molar-refractivity contribution < 1.29 is 21.9 Å². The summed E-state index contributed by atoms with van der Waals surface area (Å²) in [6.45, 7) is 0.373. The molecular weight excluding hydrogens is 344 g/mol. The Morgan fingerprint density at radius 2 is 2.05 bits per heavy atom. The van der Waals surface area contributed by atoms with Gasteiger partial charge in [0, 0.05) is 20.7 Å². The van der Waals surface area contributed by atoms with E-state index in [-0.39, 0.29) is 11.4 Å². The molecule has 19 heavy (non-hydrogen) atoms. The lowest BCUT2D eigenvalue weighted by atomic mass is 10.3. The van der Waals surface area contributed by atoms with E-state index >= 15 is 0 Å². The number of hydrogen-bond acceptors (Lipinski definition) is 3. The van der Waals surface area contributed by atoms with Crippen LogP contribution in [0.3, 0.4) is 0 Å². The third-order valence-electron chi connectivity index (χ3n) is 2.38. The van der Waals surface area contributed by atoms with Crippen molar-refractivity contribution in [3.05, 3.63) is 29.8 Å². The molecule has 0 aliphatic rings. The molecule has 0 saturated heterocycles. The number of methoxy groups -OCH3 is 1. The lowest BCUT2D eigenvalue weighted by Gasteiger charge is -2.20. The van der Waals surface area contributed by atoms with Gasteiger partial charge < -0.3 is 4.74 Å². The van der Waals surface area contributed by atoms with Crippen molar-refractivity contribution in [1.29, 1.82) is 0 Å². The van der Waals surface area contributed by atoms with Gasteiger partial charge in [-0.3, -0.25) is 0 Å². The molecule has 0 aliphatic heterocycles. The van der Waals surface area contributed by atoms with Gasteiger partial charge in [-0.1, -0.05) is 15.9 Å². The Morgan fingerprint density at radius 3 is 2.63 bits per heavy atom. The molecule has 0 aromatic heterocycles. The third kappa shape index (κ3) is 4.20. The molecule has 0 bridgehead atoms. The molecule has 1 atom stereocenters. The van der Waals surface area contributed by atoms with E-state index in [0.717, 1.165) is 16.4 Å². The molecule has 108 valence electrons. The molecule has 0 fully saturated rings. The van der Waals surface area contributed by atoms with Gasteiger partial charge >= 0.3 is 0 Å². The second-order valence-corrected chi connectivity index (χ2v) is 7.22. The van der Waals surface area contributed by atoms with Crippen LogP contribution in [0.1, 0.15) is 0 Å². The Hall–Kier alpha value is -0.570. The van der Waals surface area contributed by atoms with E-state index in [2.05, 4.69) is 15.9 Å². The molecule has 1 rings (SSSR count). The summed E-state index contributed by atoms with van der Waals surface area (Å²) < 4.78 is 56.6. The van der Waals surface area contributed by atoms with Crippen LogP contribution < -0.4 is 0 Å². The van der Waals surface area contributed by atoms with Gasteiger partial charge in [0.2, 0.25) is 10.0 Å². The van der Waals surface area contributed by atoms with E-state index in [1.807, 2.05) is 0 Å². The van der Waals surface area contributed by atoms with E-state index in [4.69, 9.17) is 4.74 Å². The summed E-state index contributed by atoms with van der Waals surface area (Å²) in [5, 5.41) is 0. The Bertz CT molecular complexity index is 539. The van der Waals surface area contributed by atoms with Crippen LogP contribution in [-0.2, 0) is 14.8 Å². The molecule has 0 saturated carbocycles. The number of benzene rings is 1. The van der Waals surface area contributed by atoms with Crippen molar-refractivity contribution in [2.75, 3.05) is 27.3 Å². The largest absolute Gasteiger partial charge is 0.383 e. The van der Waals surface area contributed by atoms with Crippen LogP contribution in [0.15, 0.2) is 23.1 Å². The fourth-order valence-electron chi connectivity index (χ4n) is 1.45. The fraction of sp³-hybridized carbons (Fsp3) is 0.455. The van der Waals surface area contributed by atoms with E-state index in [1.54, 1.807) is 0 Å². The molecular formula is C11H14BrF2NO3S. The summed E-state index contributed by atoms with van der Waals surface area (Å²) in [5.41, 5.74) is 0. The smallest absolute Gasteiger partial charge is 0.245 e. The minimum Gasteiger partial charge on any atom is -0.383 e. The molecule has 0 spiro atoms. The minimum absolute atomic E-state index is 0.0755. The van der Waals surface area contributed by atoms with Crippen LogP contribution >= 0.6 is 15.9 Å². The first kappa shape index (κ1) is 16.5. The molecule has 0 amide bonds. The average molecular weight is 358 g/mol. The highest BCUT2D eigenvalue weighted by molar-refractivity contribution is 9.09. The first-order chi connectivity index (χ1) is 8.78. The Labute approximate surface area is 119 Å². The zero-order valence-electron chi connectivity index (χ0n) is 10.4. The minimum atomic E-state index is -4.07. The standard InChI is InChI=1S/C11H14BrF2NO3S/c1-15(6-8(12)7-18-2)19(16,17)11-5-9(13)3-4-10(11)14/h3-5,8H,6-7H2,1-2H3. The number of nitrogens with zero attached hydrogens (tertiary/aromatic N) is 1. The Kier molecular flexibility index (Phi) is 5.84. The zero-order chi connectivity index (χ0) is 14.6. The van der Waals surface area contributed by atoms with Gasteiger partial charge in [-0.25, -0.2) is 17.2 Å². The Morgan fingerprint density at radius 1 is 1.42 bits per heavy atom. The van der Waals surface area contributed by atoms with E-state index in [9.17, 15) is 17.2 Å². The van der Waals surface area contributed by atoms with Crippen molar-refractivity contribution in [3.63, 3.8) is 0 Å². The topological polar surface area (TPSA) is 46.6 Å². The normalized spacial score (nSPS) is 13.8. The number of sulfonamides is 1. The van der Waals surface area contributed by atoms with Crippen LogP contribution in [0.4, 0.5) is 8.78 Å². The summed E-state index contributed by atoms with van der Waals surface area (Å²) >= 11 is 3.24. The fourth-order valence-corrected chi connectivity index (χ4v) is 3.63. The van der Waals surface area contributed by atoms with Gasteiger partial charge in [0.15, 0.2) is 0 Å². The maximum Gasteiger partial charge on any atom is 0.245 e. The average Bonchev–Trinajstić information content (AvgIpc) is 2.32. The summed E-state index contributed by atoms with van der Waals surface area (Å²) in [4.78, 5) is -0.916. The number of alkyl halides is 1. The molecule has 0 heterocycles. The monoisotopic (exact) mass is 357 g/mol. The van der Waals surface area contributed by atoms with Crippen LogP contribution in [0.5, 0.6) is 0 Å². The van der Waals surface area contributed by atoms with E-state index < -0.39 is 26.6 Å². The van der Waals surface area contributed by atoms with Gasteiger partial charge in [0.25, 0.3) is 0 Å². The number of ether oxygens (including phenoxy) is 1. The SMILES string of the molecule is COCC(Br)CN(C)S(=O)(=O)c1cc(F)ccc1F. The second kappa shape index (κ2) is 6.74. The van der Waals surface area contributed by atoms with Gasteiger partial charge in [-0.2, -0.15) is 4.31 Å². The summed E-state index contributed by atoms with van der Waals surface area (Å²) in [5.74, 6) is -1.79. The molecule has 1 aromatic rings. The predicted molar refractivity (Wildman–Crippen MR) is 70.8 cm³/mol.